The maximum atomic E-state index is 13.1. The molecule has 0 spiro atoms. The summed E-state index contributed by atoms with van der Waals surface area (Å²) in [6.45, 7) is 1.50. The first-order chi connectivity index (χ1) is 13.2. The third-order valence-electron chi connectivity index (χ3n) is 6.76. The van der Waals surface area contributed by atoms with E-state index in [2.05, 4.69) is 31.1 Å². The number of carbonyl (C=O) groups is 1. The molecule has 1 aromatic rings. The molecule has 2 saturated heterocycles. The summed E-state index contributed by atoms with van der Waals surface area (Å²) >= 11 is 0. The quantitative estimate of drug-likeness (QED) is 0.775. The second-order valence-corrected chi connectivity index (χ2v) is 10.6. The second kappa shape index (κ2) is 6.71. The van der Waals surface area contributed by atoms with Crippen molar-refractivity contribution in [2.24, 2.45) is 5.73 Å². The molecule has 0 unspecified atom stereocenters. The van der Waals surface area contributed by atoms with Gasteiger partial charge < -0.3 is 10.6 Å². The molecule has 0 aromatic heterocycles. The summed E-state index contributed by atoms with van der Waals surface area (Å²) in [4.78, 5) is 14.4. The molecule has 1 aliphatic carbocycles. The second-order valence-electron chi connectivity index (χ2n) is 8.82. The van der Waals surface area contributed by atoms with Crippen LogP contribution in [0.1, 0.15) is 44.1 Å². The number of amides is 1. The van der Waals surface area contributed by atoms with E-state index in [0.717, 1.165) is 25.8 Å². The van der Waals surface area contributed by atoms with E-state index in [9.17, 15) is 13.2 Å². The Morgan fingerprint density at radius 3 is 2.36 bits per heavy atom. The van der Waals surface area contributed by atoms with Crippen LogP contribution in [-0.2, 0) is 20.4 Å². The van der Waals surface area contributed by atoms with Gasteiger partial charge in [-0.05, 0) is 82.3 Å². The van der Waals surface area contributed by atoms with Crippen molar-refractivity contribution in [1.29, 1.82) is 0 Å². The zero-order valence-corrected chi connectivity index (χ0v) is 17.5. The van der Waals surface area contributed by atoms with Gasteiger partial charge in [-0.15, -0.1) is 0 Å². The Morgan fingerprint density at radius 1 is 1.14 bits per heavy atom. The highest BCUT2D eigenvalue weighted by Gasteiger charge is 2.59. The largest absolute Gasteiger partial charge is 0.368 e. The van der Waals surface area contributed by atoms with Gasteiger partial charge in [0, 0.05) is 6.54 Å². The number of benzene rings is 1. The minimum absolute atomic E-state index is 0.107. The van der Waals surface area contributed by atoms with E-state index in [4.69, 9.17) is 5.73 Å². The third-order valence-corrected chi connectivity index (χ3v) is 8.74. The lowest BCUT2D eigenvalue weighted by molar-refractivity contribution is -0.127. The topological polar surface area (TPSA) is 86.9 Å². The monoisotopic (exact) mass is 406 g/mol. The fourth-order valence-electron chi connectivity index (χ4n) is 4.75. The minimum Gasteiger partial charge on any atom is -0.368 e. The van der Waals surface area contributed by atoms with Crippen molar-refractivity contribution in [3.05, 3.63) is 29.8 Å². The zero-order chi connectivity index (χ0) is 20.2. The highest BCUT2D eigenvalue weighted by molar-refractivity contribution is 7.90. The van der Waals surface area contributed by atoms with Crippen LogP contribution in [0.4, 0.5) is 5.69 Å². The summed E-state index contributed by atoms with van der Waals surface area (Å²) in [5.74, 6) is -0.546. The van der Waals surface area contributed by atoms with Crippen LogP contribution in [-0.4, -0.2) is 62.8 Å². The van der Waals surface area contributed by atoms with Crippen molar-refractivity contribution in [2.45, 2.75) is 49.5 Å². The van der Waals surface area contributed by atoms with Gasteiger partial charge >= 0.3 is 10.2 Å². The van der Waals surface area contributed by atoms with Gasteiger partial charge in [-0.2, -0.15) is 12.7 Å². The molecule has 7 nitrogen and oxygen atoms in total. The van der Waals surface area contributed by atoms with E-state index >= 15 is 0 Å². The molecule has 2 N–H and O–H groups in total. The summed E-state index contributed by atoms with van der Waals surface area (Å²) < 4.78 is 29.0. The predicted molar refractivity (Wildman–Crippen MR) is 109 cm³/mol. The molecule has 1 amide bonds. The van der Waals surface area contributed by atoms with Crippen molar-refractivity contribution in [3.8, 4) is 0 Å². The molecular formula is C20H30N4O3S. The highest BCUT2D eigenvalue weighted by atomic mass is 32.2. The number of anilines is 1. The van der Waals surface area contributed by atoms with E-state index in [0.29, 0.717) is 18.7 Å². The summed E-state index contributed by atoms with van der Waals surface area (Å²) in [6, 6.07) is 7.88. The Balaban J connectivity index is 1.60. The number of carbonyl (C=O) groups excluding carboxylic acids is 1. The first-order valence-corrected chi connectivity index (χ1v) is 11.5. The maximum absolute atomic E-state index is 13.1. The number of nitrogens with zero attached hydrogens (tertiary/aromatic N) is 3. The van der Waals surface area contributed by atoms with Crippen LogP contribution < -0.4 is 10.0 Å². The van der Waals surface area contributed by atoms with Gasteiger partial charge in [-0.1, -0.05) is 12.1 Å². The van der Waals surface area contributed by atoms with Crippen molar-refractivity contribution in [2.75, 3.05) is 38.0 Å². The van der Waals surface area contributed by atoms with Crippen molar-refractivity contribution in [3.63, 3.8) is 0 Å². The van der Waals surface area contributed by atoms with Gasteiger partial charge in [0.2, 0.25) is 5.91 Å². The minimum atomic E-state index is -3.74. The number of rotatable bonds is 6. The fraction of sp³-hybridized carbons (Fsp3) is 0.650. The van der Waals surface area contributed by atoms with Gasteiger partial charge in [0.05, 0.1) is 12.2 Å². The molecule has 4 rings (SSSR count). The Kier molecular flexibility index (Phi) is 4.71. The highest BCUT2D eigenvalue weighted by Crippen LogP contribution is 2.51. The Labute approximate surface area is 167 Å². The fourth-order valence-corrected chi connectivity index (χ4v) is 6.79. The maximum Gasteiger partial charge on any atom is 0.305 e. The molecule has 1 aromatic carbocycles. The van der Waals surface area contributed by atoms with Crippen LogP contribution in [0.5, 0.6) is 0 Å². The van der Waals surface area contributed by atoms with Crippen molar-refractivity contribution >= 4 is 21.8 Å². The molecule has 2 heterocycles. The molecule has 2 aliphatic heterocycles. The molecule has 154 valence electrons. The van der Waals surface area contributed by atoms with Crippen LogP contribution in [0.2, 0.25) is 0 Å². The Bertz CT molecular complexity index is 864. The smallest absolute Gasteiger partial charge is 0.305 e. The molecule has 3 aliphatic rings. The van der Waals surface area contributed by atoms with Crippen LogP contribution in [0, 0.1) is 0 Å². The van der Waals surface area contributed by atoms with E-state index in [1.807, 2.05) is 12.1 Å². The average Bonchev–Trinajstić information content (AvgIpc) is 3.41. The molecule has 1 saturated carbocycles. The lowest BCUT2D eigenvalue weighted by Crippen LogP contribution is -2.58. The lowest BCUT2D eigenvalue weighted by Gasteiger charge is -2.35. The molecule has 8 heteroatoms. The SMILES string of the molecule is CN(C)CCC1(c2ccc(N3C[C@@]4(C(N)=O)CCCCN4S3(=O)=O)cc2)CC1. The summed E-state index contributed by atoms with van der Waals surface area (Å²) in [5.41, 5.74) is 6.69. The van der Waals surface area contributed by atoms with Gasteiger partial charge in [0.25, 0.3) is 0 Å². The van der Waals surface area contributed by atoms with E-state index in [-0.39, 0.29) is 12.0 Å². The van der Waals surface area contributed by atoms with Crippen molar-refractivity contribution in [1.82, 2.24) is 9.21 Å². The molecule has 28 heavy (non-hydrogen) atoms. The van der Waals surface area contributed by atoms with Gasteiger partial charge in [0.15, 0.2) is 0 Å². The normalized spacial score (nSPS) is 28.3. The van der Waals surface area contributed by atoms with Gasteiger partial charge in [0.1, 0.15) is 5.54 Å². The molecule has 3 fully saturated rings. The van der Waals surface area contributed by atoms with Crippen LogP contribution >= 0.6 is 0 Å². The Hall–Kier alpha value is -1.64. The summed E-state index contributed by atoms with van der Waals surface area (Å²) in [6.07, 6.45) is 5.54. The van der Waals surface area contributed by atoms with Crippen molar-refractivity contribution < 1.29 is 13.2 Å². The predicted octanol–water partition coefficient (Wildman–Crippen LogP) is 1.44. The van der Waals surface area contributed by atoms with Crippen LogP contribution in [0.15, 0.2) is 24.3 Å². The van der Waals surface area contributed by atoms with Gasteiger partial charge in [-0.25, -0.2) is 0 Å². The molecule has 0 bridgehead atoms. The summed E-state index contributed by atoms with van der Waals surface area (Å²) in [7, 11) is 0.429. The van der Waals surface area contributed by atoms with Gasteiger partial charge in [-0.3, -0.25) is 9.10 Å². The van der Waals surface area contributed by atoms with Crippen LogP contribution in [0.25, 0.3) is 0 Å². The Morgan fingerprint density at radius 2 is 1.82 bits per heavy atom. The first-order valence-electron chi connectivity index (χ1n) is 10.1. The number of hydrogen-bond acceptors (Lipinski definition) is 4. The van der Waals surface area contributed by atoms with Crippen LogP contribution in [0.3, 0.4) is 0 Å². The zero-order valence-electron chi connectivity index (χ0n) is 16.7. The molecule has 1 atom stereocenters. The van der Waals surface area contributed by atoms with E-state index in [1.54, 1.807) is 0 Å². The number of primary amides is 1. The first kappa shape index (κ1) is 19.7. The number of hydrogen-bond donors (Lipinski definition) is 1. The number of fused-ring (bicyclic) bond motifs is 1. The van der Waals surface area contributed by atoms with E-state index in [1.165, 1.54) is 27.0 Å². The number of nitrogens with two attached hydrogens (primary N) is 1. The average molecular weight is 407 g/mol. The summed E-state index contributed by atoms with van der Waals surface area (Å²) in [5, 5.41) is 0. The molecule has 0 radical (unpaired) electrons. The lowest BCUT2D eigenvalue weighted by atomic mass is 9.88. The van der Waals surface area contributed by atoms with E-state index < -0.39 is 21.7 Å². The third kappa shape index (κ3) is 3.02. The standard InChI is InChI=1S/C20H30N4O3S/c1-22(2)14-12-19(10-11-19)16-5-7-17(8-6-16)23-15-20(18(21)25)9-3-4-13-24(20)28(23,26)27/h5-8H,3-4,9-15H2,1-2H3,(H2,21,25)/t20-/m1/s1. The number of piperidine rings is 1. The molecular weight excluding hydrogens is 376 g/mol.